The molecule has 0 bridgehead atoms. The summed E-state index contributed by atoms with van der Waals surface area (Å²) in [6, 6.07) is 0. The van der Waals surface area contributed by atoms with Crippen LogP contribution in [0.5, 0.6) is 0 Å². The van der Waals surface area contributed by atoms with Crippen molar-refractivity contribution < 1.29 is 19.8 Å². The summed E-state index contributed by atoms with van der Waals surface area (Å²) in [5.41, 5.74) is -1.33. The average molecular weight is 299 g/mol. The number of likely N-dealkylation sites (N-methyl/N-ethyl adjacent to an activating group) is 1. The molecule has 0 radical (unpaired) electrons. The van der Waals surface area contributed by atoms with Crippen LogP contribution in [0.2, 0.25) is 0 Å². The van der Waals surface area contributed by atoms with Crippen LogP contribution in [-0.2, 0) is 9.59 Å². The first-order valence-corrected chi connectivity index (χ1v) is 7.89. The van der Waals surface area contributed by atoms with Crippen LogP contribution in [0.3, 0.4) is 0 Å². The van der Waals surface area contributed by atoms with Crippen molar-refractivity contribution in [1.29, 1.82) is 0 Å². The van der Waals surface area contributed by atoms with Gasteiger partial charge in [-0.1, -0.05) is 19.3 Å². The Hall–Kier alpha value is -1.10. The number of aliphatic carboxylic acids is 1. The zero-order valence-corrected chi connectivity index (χ0v) is 13.5. The molecule has 122 valence electrons. The molecular weight excluding hydrogens is 270 g/mol. The van der Waals surface area contributed by atoms with E-state index in [4.69, 9.17) is 5.11 Å². The van der Waals surface area contributed by atoms with Gasteiger partial charge in [-0.2, -0.15) is 0 Å². The Morgan fingerprint density at radius 1 is 1.14 bits per heavy atom. The van der Waals surface area contributed by atoms with Gasteiger partial charge in [0.1, 0.15) is 0 Å². The van der Waals surface area contributed by atoms with Gasteiger partial charge in [0.15, 0.2) is 0 Å². The minimum atomic E-state index is -0.932. The van der Waals surface area contributed by atoms with Crippen LogP contribution >= 0.6 is 0 Å². The number of hydrogen-bond acceptors (Lipinski definition) is 3. The van der Waals surface area contributed by atoms with Crippen LogP contribution in [0.25, 0.3) is 0 Å². The molecule has 0 aromatic rings. The molecule has 0 aromatic heterocycles. The average Bonchev–Trinajstić information content (AvgIpc) is 2.34. The van der Waals surface area contributed by atoms with Gasteiger partial charge in [-0.15, -0.1) is 0 Å². The number of amides is 1. The van der Waals surface area contributed by atoms with Gasteiger partial charge < -0.3 is 15.1 Å². The van der Waals surface area contributed by atoms with Crippen molar-refractivity contribution in [2.75, 3.05) is 13.1 Å². The normalized spacial score (nSPS) is 18.3. The fourth-order valence-corrected chi connectivity index (χ4v) is 3.31. The van der Waals surface area contributed by atoms with E-state index in [-0.39, 0.29) is 25.3 Å². The van der Waals surface area contributed by atoms with E-state index in [1.54, 1.807) is 18.7 Å². The summed E-state index contributed by atoms with van der Waals surface area (Å²) in [5.74, 6) is -0.863. The lowest BCUT2D eigenvalue weighted by Crippen LogP contribution is -2.44. The molecule has 0 heterocycles. The highest BCUT2D eigenvalue weighted by Gasteiger charge is 2.37. The molecule has 2 N–H and O–H groups in total. The molecule has 1 aliphatic rings. The quantitative estimate of drug-likeness (QED) is 0.757. The number of hydrogen-bond donors (Lipinski definition) is 2. The van der Waals surface area contributed by atoms with Gasteiger partial charge in [0.05, 0.1) is 12.0 Å². The number of carboxylic acids is 1. The van der Waals surface area contributed by atoms with Crippen molar-refractivity contribution in [3.05, 3.63) is 0 Å². The van der Waals surface area contributed by atoms with E-state index in [1.165, 1.54) is 0 Å². The molecule has 0 saturated heterocycles. The van der Waals surface area contributed by atoms with Crippen LogP contribution in [-0.4, -0.2) is 45.7 Å². The zero-order valence-electron chi connectivity index (χ0n) is 13.5. The van der Waals surface area contributed by atoms with E-state index in [9.17, 15) is 14.7 Å². The number of aliphatic hydroxyl groups is 1. The molecule has 1 fully saturated rings. The topological polar surface area (TPSA) is 77.8 Å². The minimum Gasteiger partial charge on any atom is -0.481 e. The lowest BCUT2D eigenvalue weighted by molar-refractivity contribution is -0.143. The second-order valence-electron chi connectivity index (χ2n) is 7.03. The van der Waals surface area contributed by atoms with Crippen LogP contribution in [0.1, 0.15) is 65.7 Å². The van der Waals surface area contributed by atoms with Crippen LogP contribution in [0, 0.1) is 5.41 Å². The number of carbonyl (C=O) groups is 2. The summed E-state index contributed by atoms with van der Waals surface area (Å²) in [7, 11) is 0. The first-order chi connectivity index (χ1) is 9.67. The van der Waals surface area contributed by atoms with Gasteiger partial charge in [0, 0.05) is 19.5 Å². The summed E-state index contributed by atoms with van der Waals surface area (Å²) in [6.45, 7) is 6.05. The van der Waals surface area contributed by atoms with E-state index in [1.807, 2.05) is 6.92 Å². The zero-order chi connectivity index (χ0) is 16.1. The number of nitrogens with zero attached hydrogens (tertiary/aromatic N) is 1. The van der Waals surface area contributed by atoms with Crippen molar-refractivity contribution in [2.24, 2.45) is 5.41 Å². The maximum Gasteiger partial charge on any atom is 0.303 e. The second kappa shape index (κ2) is 7.25. The molecule has 5 nitrogen and oxygen atoms in total. The van der Waals surface area contributed by atoms with Crippen molar-refractivity contribution in [3.8, 4) is 0 Å². The molecule has 1 aliphatic carbocycles. The SMILES string of the molecule is CCN(CC(C)(C)O)C(=O)CC1(CC(=O)O)CCCCC1. The summed E-state index contributed by atoms with van der Waals surface area (Å²) < 4.78 is 0. The summed E-state index contributed by atoms with van der Waals surface area (Å²) in [4.78, 5) is 25.3. The smallest absolute Gasteiger partial charge is 0.303 e. The van der Waals surface area contributed by atoms with Crippen molar-refractivity contribution in [3.63, 3.8) is 0 Å². The second-order valence-corrected chi connectivity index (χ2v) is 7.03. The first-order valence-electron chi connectivity index (χ1n) is 7.89. The van der Waals surface area contributed by atoms with E-state index < -0.39 is 17.0 Å². The predicted molar refractivity (Wildman–Crippen MR) is 80.9 cm³/mol. The molecule has 1 rings (SSSR count). The number of rotatable bonds is 7. The third-order valence-corrected chi connectivity index (χ3v) is 4.28. The number of carbonyl (C=O) groups excluding carboxylic acids is 1. The highest BCUT2D eigenvalue weighted by atomic mass is 16.4. The molecule has 0 unspecified atom stereocenters. The molecule has 0 spiro atoms. The molecular formula is C16H29NO4. The minimum absolute atomic E-state index is 0.0391. The Kier molecular flexibility index (Phi) is 6.20. The van der Waals surface area contributed by atoms with Gasteiger partial charge in [-0.3, -0.25) is 9.59 Å². The van der Waals surface area contributed by atoms with E-state index in [0.717, 1.165) is 32.1 Å². The van der Waals surface area contributed by atoms with Gasteiger partial charge in [-0.05, 0) is 39.0 Å². The third-order valence-electron chi connectivity index (χ3n) is 4.28. The maximum absolute atomic E-state index is 12.5. The standard InChI is InChI=1S/C16H29NO4/c1-4-17(12-15(2,3)21)13(18)10-16(11-14(19)20)8-6-5-7-9-16/h21H,4-12H2,1-3H3,(H,19,20). The molecule has 21 heavy (non-hydrogen) atoms. The predicted octanol–water partition coefficient (Wildman–Crippen LogP) is 2.42. The molecule has 5 heteroatoms. The van der Waals surface area contributed by atoms with Crippen LogP contribution in [0.15, 0.2) is 0 Å². The summed E-state index contributed by atoms with van der Waals surface area (Å²) >= 11 is 0. The molecule has 0 aromatic carbocycles. The summed E-state index contributed by atoms with van der Waals surface area (Å²) in [5, 5.41) is 19.1. The Balaban J connectivity index is 2.76. The van der Waals surface area contributed by atoms with Gasteiger partial charge >= 0.3 is 5.97 Å². The van der Waals surface area contributed by atoms with Gasteiger partial charge in [0.25, 0.3) is 0 Å². The monoisotopic (exact) mass is 299 g/mol. The van der Waals surface area contributed by atoms with Crippen molar-refractivity contribution >= 4 is 11.9 Å². The van der Waals surface area contributed by atoms with E-state index >= 15 is 0 Å². The van der Waals surface area contributed by atoms with Crippen molar-refractivity contribution in [1.82, 2.24) is 4.90 Å². The van der Waals surface area contributed by atoms with Crippen LogP contribution < -0.4 is 0 Å². The van der Waals surface area contributed by atoms with E-state index in [0.29, 0.717) is 6.54 Å². The molecule has 0 aliphatic heterocycles. The van der Waals surface area contributed by atoms with Gasteiger partial charge in [0.2, 0.25) is 5.91 Å². The lowest BCUT2D eigenvalue weighted by atomic mass is 9.69. The first kappa shape index (κ1) is 18.0. The molecule has 1 amide bonds. The summed E-state index contributed by atoms with van der Waals surface area (Å²) in [6.07, 6.45) is 5.09. The Morgan fingerprint density at radius 3 is 2.14 bits per heavy atom. The maximum atomic E-state index is 12.5. The Labute approximate surface area is 127 Å². The third kappa shape index (κ3) is 6.04. The highest BCUT2D eigenvalue weighted by molar-refractivity contribution is 5.78. The highest BCUT2D eigenvalue weighted by Crippen LogP contribution is 2.42. The van der Waals surface area contributed by atoms with E-state index in [2.05, 4.69) is 0 Å². The fourth-order valence-electron chi connectivity index (χ4n) is 3.31. The molecule has 1 saturated carbocycles. The largest absolute Gasteiger partial charge is 0.481 e. The molecule has 0 atom stereocenters. The van der Waals surface area contributed by atoms with Gasteiger partial charge in [-0.25, -0.2) is 0 Å². The number of carboxylic acid groups (broad SMARTS) is 1. The lowest BCUT2D eigenvalue weighted by Gasteiger charge is -2.38. The Morgan fingerprint density at radius 2 is 1.71 bits per heavy atom. The van der Waals surface area contributed by atoms with Crippen molar-refractivity contribution in [2.45, 2.75) is 71.3 Å². The fraction of sp³-hybridized carbons (Fsp3) is 0.875. The Bertz CT molecular complexity index is 367. The van der Waals surface area contributed by atoms with Crippen LogP contribution in [0.4, 0.5) is 0 Å².